The van der Waals surface area contributed by atoms with Crippen LogP contribution in [0.1, 0.15) is 18.1 Å². The number of hydrogen-bond acceptors (Lipinski definition) is 4. The number of carboxylic acids is 1. The lowest BCUT2D eigenvalue weighted by Gasteiger charge is -2.18. The summed E-state index contributed by atoms with van der Waals surface area (Å²) >= 11 is 5.85. The minimum atomic E-state index is -1.07. The molecule has 0 saturated carbocycles. The number of aromatic nitrogens is 2. The van der Waals surface area contributed by atoms with Crippen LogP contribution in [0.15, 0.2) is 30.6 Å². The highest BCUT2D eigenvalue weighted by atomic mass is 35.5. The Kier molecular flexibility index (Phi) is 5.18. The van der Waals surface area contributed by atoms with Gasteiger partial charge in [0.05, 0.1) is 23.0 Å². The van der Waals surface area contributed by atoms with Crippen LogP contribution in [0.25, 0.3) is 5.69 Å². The van der Waals surface area contributed by atoms with Crippen LogP contribution in [0.4, 0.5) is 0 Å². The molecule has 0 fully saturated rings. The zero-order valence-electron chi connectivity index (χ0n) is 12.3. The molecule has 0 unspecified atom stereocenters. The van der Waals surface area contributed by atoms with Gasteiger partial charge in [0.1, 0.15) is 6.04 Å². The molecule has 2 rings (SSSR count). The van der Waals surface area contributed by atoms with Crippen molar-refractivity contribution < 1.29 is 15.0 Å². The van der Waals surface area contributed by atoms with Crippen molar-refractivity contribution >= 4 is 17.6 Å². The monoisotopic (exact) mass is 323 g/mol. The summed E-state index contributed by atoms with van der Waals surface area (Å²) in [5, 5.41) is 26.0. The van der Waals surface area contributed by atoms with Gasteiger partial charge in [-0.2, -0.15) is 5.10 Å². The van der Waals surface area contributed by atoms with Crippen molar-refractivity contribution in [3.05, 3.63) is 46.7 Å². The molecule has 22 heavy (non-hydrogen) atoms. The van der Waals surface area contributed by atoms with Gasteiger partial charge in [-0.3, -0.25) is 10.1 Å². The average Bonchev–Trinajstić information content (AvgIpc) is 2.86. The van der Waals surface area contributed by atoms with Crippen LogP contribution >= 0.6 is 11.6 Å². The van der Waals surface area contributed by atoms with Gasteiger partial charge in [-0.15, -0.1) is 0 Å². The van der Waals surface area contributed by atoms with Gasteiger partial charge >= 0.3 is 5.97 Å². The highest BCUT2D eigenvalue weighted by Crippen LogP contribution is 2.16. The summed E-state index contributed by atoms with van der Waals surface area (Å²) < 4.78 is 1.67. The standard InChI is InChI=1S/C15H18ClN3O3/c1-9-5-13(19-8-12(16)7-18-19)4-3-11(9)6-17-14(10(2)20)15(21)22/h3-5,7-8,10,14,17,20H,6H2,1-2H3,(H,21,22)/t10-,14-/m1/s1. The smallest absolute Gasteiger partial charge is 0.323 e. The number of aliphatic hydroxyl groups excluding tert-OH is 1. The number of carbonyl (C=O) groups is 1. The molecule has 1 aromatic carbocycles. The summed E-state index contributed by atoms with van der Waals surface area (Å²) in [5.41, 5.74) is 2.82. The van der Waals surface area contributed by atoms with Gasteiger partial charge in [0.2, 0.25) is 0 Å². The van der Waals surface area contributed by atoms with Gasteiger partial charge in [-0.1, -0.05) is 17.7 Å². The molecule has 0 spiro atoms. The molecule has 0 aliphatic rings. The third-order valence-corrected chi connectivity index (χ3v) is 3.60. The second-order valence-electron chi connectivity index (χ2n) is 5.15. The van der Waals surface area contributed by atoms with E-state index in [4.69, 9.17) is 16.7 Å². The van der Waals surface area contributed by atoms with Gasteiger partial charge in [0.15, 0.2) is 0 Å². The number of nitrogens with zero attached hydrogens (tertiary/aromatic N) is 2. The molecule has 0 bridgehead atoms. The first kappa shape index (κ1) is 16.5. The number of benzene rings is 1. The predicted molar refractivity (Wildman–Crippen MR) is 83.3 cm³/mol. The van der Waals surface area contributed by atoms with Crippen molar-refractivity contribution in [3.63, 3.8) is 0 Å². The zero-order chi connectivity index (χ0) is 16.3. The Bertz CT molecular complexity index is 670. The number of aryl methyl sites for hydroxylation is 1. The third kappa shape index (κ3) is 3.85. The molecule has 2 atom stereocenters. The summed E-state index contributed by atoms with van der Waals surface area (Å²) in [6, 6.07) is 4.72. The van der Waals surface area contributed by atoms with Crippen LogP contribution in [0, 0.1) is 6.92 Å². The molecule has 0 saturated heterocycles. The lowest BCUT2D eigenvalue weighted by Crippen LogP contribution is -2.44. The van der Waals surface area contributed by atoms with Crippen LogP contribution < -0.4 is 5.32 Å². The Morgan fingerprint density at radius 3 is 2.73 bits per heavy atom. The summed E-state index contributed by atoms with van der Waals surface area (Å²) in [5.74, 6) is -1.07. The average molecular weight is 324 g/mol. The number of carboxylic acid groups (broad SMARTS) is 1. The van der Waals surface area contributed by atoms with Crippen LogP contribution in [-0.4, -0.2) is 38.1 Å². The normalized spacial score (nSPS) is 13.8. The van der Waals surface area contributed by atoms with E-state index in [0.717, 1.165) is 16.8 Å². The van der Waals surface area contributed by atoms with Crippen molar-refractivity contribution in [2.45, 2.75) is 32.5 Å². The fourth-order valence-electron chi connectivity index (χ4n) is 2.15. The molecule has 7 heteroatoms. The fraction of sp³-hybridized carbons (Fsp3) is 0.333. The maximum atomic E-state index is 11.0. The van der Waals surface area contributed by atoms with Crippen LogP contribution in [-0.2, 0) is 11.3 Å². The molecule has 1 heterocycles. The maximum Gasteiger partial charge on any atom is 0.323 e. The largest absolute Gasteiger partial charge is 0.480 e. The van der Waals surface area contributed by atoms with Gasteiger partial charge in [0, 0.05) is 12.7 Å². The van der Waals surface area contributed by atoms with E-state index in [0.29, 0.717) is 11.6 Å². The molecule has 2 aromatic rings. The summed E-state index contributed by atoms with van der Waals surface area (Å²) in [7, 11) is 0. The lowest BCUT2D eigenvalue weighted by atomic mass is 10.1. The van der Waals surface area contributed by atoms with Gasteiger partial charge in [-0.05, 0) is 37.1 Å². The van der Waals surface area contributed by atoms with Gasteiger partial charge < -0.3 is 10.2 Å². The lowest BCUT2D eigenvalue weighted by molar-refractivity contribution is -0.142. The minimum absolute atomic E-state index is 0.355. The number of hydrogen-bond donors (Lipinski definition) is 3. The second kappa shape index (κ2) is 6.91. The van der Waals surface area contributed by atoms with E-state index in [9.17, 15) is 9.90 Å². The van der Waals surface area contributed by atoms with Crippen molar-refractivity contribution in [3.8, 4) is 5.69 Å². The molecule has 0 amide bonds. The molecule has 0 radical (unpaired) electrons. The van der Waals surface area contributed by atoms with Crippen LogP contribution in [0.5, 0.6) is 0 Å². The predicted octanol–water partition coefficient (Wildman–Crippen LogP) is 1.76. The Morgan fingerprint density at radius 1 is 1.50 bits per heavy atom. The number of halogens is 1. The fourth-order valence-corrected chi connectivity index (χ4v) is 2.28. The second-order valence-corrected chi connectivity index (χ2v) is 5.59. The molecule has 3 N–H and O–H groups in total. The molecule has 1 aromatic heterocycles. The number of rotatable bonds is 6. The summed E-state index contributed by atoms with van der Waals surface area (Å²) in [4.78, 5) is 11.0. The molecule has 0 aliphatic carbocycles. The van der Waals surface area contributed by atoms with Crippen LogP contribution in [0.3, 0.4) is 0 Å². The van der Waals surface area contributed by atoms with Crippen LogP contribution in [0.2, 0.25) is 5.02 Å². The van der Waals surface area contributed by atoms with E-state index in [1.54, 1.807) is 17.1 Å². The zero-order valence-corrected chi connectivity index (χ0v) is 13.1. The number of aliphatic hydroxyl groups is 1. The SMILES string of the molecule is Cc1cc(-n2cc(Cl)cn2)ccc1CN[C@@H](C(=O)O)[C@@H](C)O. The number of aliphatic carboxylic acids is 1. The Hall–Kier alpha value is -1.89. The Labute approximate surface area is 133 Å². The molecule has 6 nitrogen and oxygen atoms in total. The van der Waals surface area contributed by atoms with E-state index in [1.165, 1.54) is 6.92 Å². The summed E-state index contributed by atoms with van der Waals surface area (Å²) in [6.07, 6.45) is 2.30. The Balaban J connectivity index is 2.11. The first-order chi connectivity index (χ1) is 10.4. The van der Waals surface area contributed by atoms with E-state index in [-0.39, 0.29) is 0 Å². The third-order valence-electron chi connectivity index (χ3n) is 3.40. The highest BCUT2D eigenvalue weighted by Gasteiger charge is 2.22. The first-order valence-corrected chi connectivity index (χ1v) is 7.20. The van der Waals surface area contributed by atoms with E-state index >= 15 is 0 Å². The van der Waals surface area contributed by atoms with Crippen molar-refractivity contribution in [2.24, 2.45) is 0 Å². The topological polar surface area (TPSA) is 87.4 Å². The van der Waals surface area contributed by atoms with Crippen molar-refractivity contribution in [1.29, 1.82) is 0 Å². The number of nitrogens with one attached hydrogen (secondary N) is 1. The minimum Gasteiger partial charge on any atom is -0.480 e. The van der Waals surface area contributed by atoms with Crippen molar-refractivity contribution in [1.82, 2.24) is 15.1 Å². The molecular formula is C15H18ClN3O3. The molecule has 118 valence electrons. The molecule has 0 aliphatic heterocycles. The van der Waals surface area contributed by atoms with Crippen molar-refractivity contribution in [2.75, 3.05) is 0 Å². The summed E-state index contributed by atoms with van der Waals surface area (Å²) in [6.45, 7) is 3.74. The quantitative estimate of drug-likeness (QED) is 0.754. The van der Waals surface area contributed by atoms with E-state index < -0.39 is 18.1 Å². The highest BCUT2D eigenvalue weighted by molar-refractivity contribution is 6.30. The first-order valence-electron chi connectivity index (χ1n) is 6.83. The van der Waals surface area contributed by atoms with Gasteiger partial charge in [0.25, 0.3) is 0 Å². The van der Waals surface area contributed by atoms with E-state index in [1.807, 2.05) is 25.1 Å². The van der Waals surface area contributed by atoms with Gasteiger partial charge in [-0.25, -0.2) is 4.68 Å². The van der Waals surface area contributed by atoms with E-state index in [2.05, 4.69) is 10.4 Å². The molecular weight excluding hydrogens is 306 g/mol. The maximum absolute atomic E-state index is 11.0. The Morgan fingerprint density at radius 2 is 2.23 bits per heavy atom.